The van der Waals surface area contributed by atoms with Crippen LogP contribution in [0.2, 0.25) is 0 Å². The van der Waals surface area contributed by atoms with E-state index in [-0.39, 0.29) is 53.1 Å². The highest BCUT2D eigenvalue weighted by atomic mass is 32.2. The zero-order valence-corrected chi connectivity index (χ0v) is 23.5. The molecule has 0 saturated carbocycles. The second kappa shape index (κ2) is 11.6. The van der Waals surface area contributed by atoms with Crippen LogP contribution in [0.1, 0.15) is 25.3 Å². The molecular weight excluding hydrogens is 568 g/mol. The number of fused-ring (bicyclic) bond motifs is 1. The number of H-pyrrole nitrogens is 1. The minimum atomic E-state index is -4.59. The van der Waals surface area contributed by atoms with Crippen LogP contribution in [-0.2, 0) is 20.9 Å². The van der Waals surface area contributed by atoms with E-state index in [4.69, 9.17) is 9.47 Å². The third-order valence-electron chi connectivity index (χ3n) is 7.43. The largest absolute Gasteiger partial charge is 0.495 e. The Morgan fingerprint density at radius 1 is 1.12 bits per heavy atom. The lowest BCUT2D eigenvalue weighted by atomic mass is 10.0. The average molecular weight is 601 g/mol. The third-order valence-corrected chi connectivity index (χ3v) is 9.35. The number of alkyl halides is 3. The second-order valence-corrected chi connectivity index (χ2v) is 11.8. The molecule has 3 aromatic rings. The monoisotopic (exact) mass is 600 g/mol. The molecule has 15 heteroatoms. The summed E-state index contributed by atoms with van der Waals surface area (Å²) in [7, 11) is -2.84. The Labute approximate surface area is 235 Å². The SMILES string of the molecule is CCNc1cc(Nc2cc(F)c(S(=O)(=O)N3CCC(N4CCOCC4)CC3)cc2OC)nc2[nH]cc(C(F)(F)F)c12. The number of methoxy groups -OCH3 is 1. The number of rotatable bonds is 8. The third kappa shape index (κ3) is 5.94. The van der Waals surface area contributed by atoms with Crippen molar-refractivity contribution in [2.45, 2.75) is 36.9 Å². The van der Waals surface area contributed by atoms with Crippen molar-refractivity contribution >= 4 is 38.2 Å². The molecule has 1 aromatic carbocycles. The highest BCUT2D eigenvalue weighted by molar-refractivity contribution is 7.89. The highest BCUT2D eigenvalue weighted by Gasteiger charge is 2.36. The van der Waals surface area contributed by atoms with Gasteiger partial charge < -0.3 is 25.1 Å². The molecule has 2 aromatic heterocycles. The van der Waals surface area contributed by atoms with Crippen LogP contribution < -0.4 is 15.4 Å². The number of morpholine rings is 1. The van der Waals surface area contributed by atoms with Crippen molar-refractivity contribution < 1.29 is 35.5 Å². The van der Waals surface area contributed by atoms with Gasteiger partial charge >= 0.3 is 6.18 Å². The van der Waals surface area contributed by atoms with Crippen molar-refractivity contribution in [3.8, 4) is 5.75 Å². The lowest BCUT2D eigenvalue weighted by molar-refractivity contribution is -0.136. The van der Waals surface area contributed by atoms with Gasteiger partial charge in [-0.3, -0.25) is 4.90 Å². The second-order valence-electron chi connectivity index (χ2n) is 9.90. The number of ether oxygens (including phenoxy) is 2. The lowest BCUT2D eigenvalue weighted by Crippen LogP contribution is -2.50. The molecule has 3 N–H and O–H groups in total. The molecule has 0 radical (unpaired) electrons. The number of sulfonamides is 1. The molecule has 2 aliphatic rings. The average Bonchev–Trinajstić information content (AvgIpc) is 3.39. The fraction of sp³-hybridized carbons (Fsp3) is 0.500. The Balaban J connectivity index is 1.40. The van der Waals surface area contributed by atoms with Gasteiger partial charge in [-0.1, -0.05) is 0 Å². The maximum atomic E-state index is 15.4. The smallest absolute Gasteiger partial charge is 0.418 e. The van der Waals surface area contributed by atoms with Gasteiger partial charge in [0, 0.05) is 68.8 Å². The molecule has 41 heavy (non-hydrogen) atoms. The molecule has 0 unspecified atom stereocenters. The Morgan fingerprint density at radius 3 is 2.46 bits per heavy atom. The topological polar surface area (TPSA) is 112 Å². The van der Waals surface area contributed by atoms with E-state index in [9.17, 15) is 21.6 Å². The molecule has 0 bridgehead atoms. The number of aromatic nitrogens is 2. The molecular formula is C26H32F4N6O4S. The molecule has 0 spiro atoms. The highest BCUT2D eigenvalue weighted by Crippen LogP contribution is 2.40. The standard InChI is InChI=1S/C26H32F4N6O4S/c1-3-31-20-13-23(34-25-24(20)17(15-32-25)26(28,29)30)33-19-12-18(27)22(14-21(19)39-2)41(37,38)36-6-4-16(5-7-36)35-8-10-40-11-9-35/h12-16H,3-11H2,1-2H3,(H3,31,32,33,34). The van der Waals surface area contributed by atoms with Gasteiger partial charge in [0.05, 0.1) is 37.0 Å². The molecule has 10 nitrogen and oxygen atoms in total. The van der Waals surface area contributed by atoms with Crippen molar-refractivity contribution in [1.82, 2.24) is 19.2 Å². The van der Waals surface area contributed by atoms with Gasteiger partial charge in [-0.05, 0) is 19.8 Å². The van der Waals surface area contributed by atoms with Crippen molar-refractivity contribution in [3.05, 3.63) is 35.8 Å². The van der Waals surface area contributed by atoms with Crippen LogP contribution in [0.25, 0.3) is 11.0 Å². The van der Waals surface area contributed by atoms with Crippen molar-refractivity contribution in [1.29, 1.82) is 0 Å². The molecule has 224 valence electrons. The summed E-state index contributed by atoms with van der Waals surface area (Å²) in [6.07, 6.45) is -2.49. The van der Waals surface area contributed by atoms with E-state index in [1.165, 1.54) is 17.5 Å². The van der Waals surface area contributed by atoms with Gasteiger partial charge in [-0.25, -0.2) is 17.8 Å². The molecule has 5 rings (SSSR count). The van der Waals surface area contributed by atoms with Crippen LogP contribution in [-0.4, -0.2) is 86.7 Å². The Morgan fingerprint density at radius 2 is 1.83 bits per heavy atom. The van der Waals surface area contributed by atoms with Gasteiger partial charge in [0.1, 0.15) is 27.9 Å². The summed E-state index contributed by atoms with van der Waals surface area (Å²) in [5.74, 6) is -0.860. The Hall–Kier alpha value is -3.14. The number of halogens is 4. The van der Waals surface area contributed by atoms with E-state index < -0.39 is 32.5 Å². The van der Waals surface area contributed by atoms with Crippen molar-refractivity contribution in [2.24, 2.45) is 0 Å². The predicted molar refractivity (Wildman–Crippen MR) is 146 cm³/mol. The number of nitrogens with one attached hydrogen (secondary N) is 3. The number of pyridine rings is 1. The van der Waals surface area contributed by atoms with Gasteiger partial charge in [0.2, 0.25) is 10.0 Å². The molecule has 0 aliphatic carbocycles. The quantitative estimate of drug-likeness (QED) is 0.327. The molecule has 2 aliphatic heterocycles. The van der Waals surface area contributed by atoms with Gasteiger partial charge in [0.15, 0.2) is 0 Å². The number of nitrogens with zero attached hydrogens (tertiary/aromatic N) is 3. The van der Waals surface area contributed by atoms with Crippen LogP contribution >= 0.6 is 0 Å². The first kappa shape index (κ1) is 29.4. The number of hydrogen-bond acceptors (Lipinski definition) is 8. The molecule has 0 atom stereocenters. The molecule has 2 saturated heterocycles. The summed E-state index contributed by atoms with van der Waals surface area (Å²) in [4.78, 5) is 8.55. The van der Waals surface area contributed by atoms with Gasteiger partial charge in [-0.2, -0.15) is 17.5 Å². The van der Waals surface area contributed by atoms with E-state index in [2.05, 4.69) is 25.5 Å². The van der Waals surface area contributed by atoms with Crippen LogP contribution in [0.15, 0.2) is 29.3 Å². The van der Waals surface area contributed by atoms with E-state index in [0.717, 1.165) is 31.4 Å². The van der Waals surface area contributed by atoms with Crippen LogP contribution in [0, 0.1) is 5.82 Å². The number of aromatic amines is 1. The van der Waals surface area contributed by atoms with E-state index >= 15 is 4.39 Å². The van der Waals surface area contributed by atoms with E-state index in [1.54, 1.807) is 6.92 Å². The molecule has 2 fully saturated rings. The van der Waals surface area contributed by atoms with Crippen LogP contribution in [0.3, 0.4) is 0 Å². The predicted octanol–water partition coefficient (Wildman–Crippen LogP) is 4.39. The summed E-state index contributed by atoms with van der Waals surface area (Å²) in [6.45, 7) is 5.54. The molecule has 0 amide bonds. The number of hydrogen-bond donors (Lipinski definition) is 3. The molecule has 4 heterocycles. The van der Waals surface area contributed by atoms with E-state index in [1.807, 2.05) is 0 Å². The van der Waals surface area contributed by atoms with Crippen LogP contribution in [0.5, 0.6) is 5.75 Å². The maximum absolute atomic E-state index is 15.4. The summed E-state index contributed by atoms with van der Waals surface area (Å²) < 4.78 is 94.9. The summed E-state index contributed by atoms with van der Waals surface area (Å²) in [5.41, 5.74) is -0.661. The fourth-order valence-electron chi connectivity index (χ4n) is 5.42. The minimum absolute atomic E-state index is 0.0301. The summed E-state index contributed by atoms with van der Waals surface area (Å²) in [6, 6.07) is 3.72. The zero-order valence-electron chi connectivity index (χ0n) is 22.6. The minimum Gasteiger partial charge on any atom is -0.495 e. The fourth-order valence-corrected chi connectivity index (χ4v) is 6.95. The first-order chi connectivity index (χ1) is 19.5. The number of piperidine rings is 1. The Kier molecular flexibility index (Phi) is 8.32. The van der Waals surface area contributed by atoms with Crippen LogP contribution in [0.4, 0.5) is 34.8 Å². The van der Waals surface area contributed by atoms with Crippen molar-refractivity contribution in [3.63, 3.8) is 0 Å². The number of benzene rings is 1. The lowest BCUT2D eigenvalue weighted by Gasteiger charge is -2.39. The first-order valence-electron chi connectivity index (χ1n) is 13.3. The summed E-state index contributed by atoms with van der Waals surface area (Å²) in [5, 5.41) is 5.64. The van der Waals surface area contributed by atoms with Gasteiger partial charge in [0.25, 0.3) is 0 Å². The van der Waals surface area contributed by atoms with Gasteiger partial charge in [-0.15, -0.1) is 0 Å². The van der Waals surface area contributed by atoms with E-state index in [0.29, 0.717) is 32.6 Å². The Bertz CT molecular complexity index is 1500. The van der Waals surface area contributed by atoms with Crippen molar-refractivity contribution in [2.75, 3.05) is 63.7 Å². The first-order valence-corrected chi connectivity index (χ1v) is 14.8. The summed E-state index contributed by atoms with van der Waals surface area (Å²) >= 11 is 0. The normalized spacial score (nSPS) is 18.1. The zero-order chi connectivity index (χ0) is 29.4. The maximum Gasteiger partial charge on any atom is 0.418 e. The number of anilines is 3.